The first-order valence-electron chi connectivity index (χ1n) is 9.44. The van der Waals surface area contributed by atoms with Crippen molar-refractivity contribution in [1.29, 1.82) is 0 Å². The second-order valence-corrected chi connectivity index (χ2v) is 6.82. The predicted octanol–water partition coefficient (Wildman–Crippen LogP) is 4.97. The molecule has 0 bridgehead atoms. The van der Waals surface area contributed by atoms with E-state index < -0.39 is 0 Å². The van der Waals surface area contributed by atoms with Crippen LogP contribution in [0.1, 0.15) is 25.3 Å². The third-order valence-electron chi connectivity index (χ3n) is 4.32. The maximum atomic E-state index is 12.1. The Bertz CT molecular complexity index is 938. The minimum Gasteiger partial charge on any atom is -0.493 e. The smallest absolute Gasteiger partial charge is 0.263 e. The Kier molecular flexibility index (Phi) is 6.68. The molecular weight excluding hydrogens is 366 g/mol. The molecule has 0 aliphatic carbocycles. The number of nitrogens with zero attached hydrogens (tertiary/aromatic N) is 1. The number of methoxy groups -OCH3 is 1. The van der Waals surface area contributed by atoms with Gasteiger partial charge in [0.2, 0.25) is 0 Å². The van der Waals surface area contributed by atoms with E-state index in [4.69, 9.17) is 9.47 Å². The minimum absolute atomic E-state index is 0.135. The quantitative estimate of drug-likeness (QED) is 0.567. The molecule has 3 rings (SSSR count). The molecule has 1 aromatic heterocycles. The van der Waals surface area contributed by atoms with Crippen LogP contribution in [0.5, 0.6) is 11.5 Å². The number of benzene rings is 2. The van der Waals surface area contributed by atoms with Gasteiger partial charge in [-0.15, -0.1) is 0 Å². The van der Waals surface area contributed by atoms with E-state index in [2.05, 4.69) is 41.6 Å². The van der Waals surface area contributed by atoms with Crippen LogP contribution < -0.4 is 20.1 Å². The van der Waals surface area contributed by atoms with Crippen LogP contribution in [0.15, 0.2) is 66.9 Å². The highest BCUT2D eigenvalue weighted by atomic mass is 16.5. The molecular formula is C23H25N3O3. The zero-order valence-corrected chi connectivity index (χ0v) is 16.8. The van der Waals surface area contributed by atoms with Gasteiger partial charge in [0, 0.05) is 5.69 Å². The maximum Gasteiger partial charge on any atom is 0.263 e. The van der Waals surface area contributed by atoms with Crippen LogP contribution in [0.3, 0.4) is 0 Å². The number of aromatic nitrogens is 1. The van der Waals surface area contributed by atoms with E-state index in [-0.39, 0.29) is 12.5 Å². The van der Waals surface area contributed by atoms with Gasteiger partial charge in [-0.1, -0.05) is 38.1 Å². The first-order chi connectivity index (χ1) is 14.0. The summed E-state index contributed by atoms with van der Waals surface area (Å²) in [6.07, 6.45) is 1.67. The van der Waals surface area contributed by atoms with Gasteiger partial charge in [0.05, 0.1) is 19.0 Å². The fourth-order valence-electron chi connectivity index (χ4n) is 2.72. The number of pyridine rings is 1. The van der Waals surface area contributed by atoms with Gasteiger partial charge in [-0.25, -0.2) is 4.98 Å². The van der Waals surface area contributed by atoms with Crippen molar-refractivity contribution in [3.05, 3.63) is 72.4 Å². The number of carbonyl (C=O) groups excluding carboxylic acids is 1. The van der Waals surface area contributed by atoms with E-state index in [1.54, 1.807) is 31.5 Å². The van der Waals surface area contributed by atoms with Gasteiger partial charge < -0.3 is 20.1 Å². The molecule has 0 atom stereocenters. The van der Waals surface area contributed by atoms with Crippen LogP contribution in [0.25, 0.3) is 0 Å². The number of nitrogens with one attached hydrogen (secondary N) is 2. The molecule has 0 aliphatic heterocycles. The maximum absolute atomic E-state index is 12.1. The number of hydrogen-bond donors (Lipinski definition) is 2. The number of para-hydroxylation sites is 2. The molecule has 3 aromatic rings. The van der Waals surface area contributed by atoms with Gasteiger partial charge in [0.1, 0.15) is 5.82 Å². The molecule has 0 aliphatic rings. The summed E-state index contributed by atoms with van der Waals surface area (Å²) >= 11 is 0. The number of rotatable bonds is 8. The Morgan fingerprint density at radius 1 is 0.966 bits per heavy atom. The highest BCUT2D eigenvalue weighted by molar-refractivity contribution is 5.91. The van der Waals surface area contributed by atoms with Gasteiger partial charge in [-0.05, 0) is 47.9 Å². The lowest BCUT2D eigenvalue weighted by molar-refractivity contribution is -0.118. The van der Waals surface area contributed by atoms with Gasteiger partial charge in [-0.3, -0.25) is 4.79 Å². The Balaban J connectivity index is 1.52. The molecule has 0 saturated carbocycles. The summed E-state index contributed by atoms with van der Waals surface area (Å²) in [4.78, 5) is 16.4. The summed E-state index contributed by atoms with van der Waals surface area (Å²) < 4.78 is 10.7. The van der Waals surface area contributed by atoms with Gasteiger partial charge >= 0.3 is 0 Å². The van der Waals surface area contributed by atoms with Crippen molar-refractivity contribution in [2.45, 2.75) is 19.8 Å². The van der Waals surface area contributed by atoms with Gasteiger partial charge in [0.25, 0.3) is 5.91 Å². The Hall–Kier alpha value is -3.54. The van der Waals surface area contributed by atoms with E-state index in [1.807, 2.05) is 30.3 Å². The summed E-state index contributed by atoms with van der Waals surface area (Å²) in [6, 6.07) is 19.1. The lowest BCUT2D eigenvalue weighted by Gasteiger charge is -2.11. The van der Waals surface area contributed by atoms with Crippen LogP contribution >= 0.6 is 0 Å². The van der Waals surface area contributed by atoms with Crippen LogP contribution in [0, 0.1) is 0 Å². The highest BCUT2D eigenvalue weighted by Gasteiger charge is 2.08. The highest BCUT2D eigenvalue weighted by Crippen LogP contribution is 2.25. The van der Waals surface area contributed by atoms with Gasteiger partial charge in [0.15, 0.2) is 18.1 Å². The predicted molar refractivity (Wildman–Crippen MR) is 115 cm³/mol. The number of anilines is 3. The Labute approximate surface area is 170 Å². The number of hydrogen-bond acceptors (Lipinski definition) is 5. The van der Waals surface area contributed by atoms with Crippen LogP contribution in [0.4, 0.5) is 17.2 Å². The molecule has 6 heteroatoms. The lowest BCUT2D eigenvalue weighted by Crippen LogP contribution is -2.20. The van der Waals surface area contributed by atoms with Crippen LogP contribution in [-0.2, 0) is 4.79 Å². The van der Waals surface area contributed by atoms with Crippen LogP contribution in [-0.4, -0.2) is 24.6 Å². The molecule has 0 fully saturated rings. The number of amides is 1. The third kappa shape index (κ3) is 5.72. The average molecular weight is 391 g/mol. The fourth-order valence-corrected chi connectivity index (χ4v) is 2.72. The largest absolute Gasteiger partial charge is 0.493 e. The van der Waals surface area contributed by atoms with Crippen molar-refractivity contribution >= 4 is 23.1 Å². The van der Waals surface area contributed by atoms with Crippen molar-refractivity contribution in [2.24, 2.45) is 0 Å². The van der Waals surface area contributed by atoms with Crippen molar-refractivity contribution in [3.8, 4) is 11.5 Å². The Morgan fingerprint density at radius 2 is 1.66 bits per heavy atom. The third-order valence-corrected chi connectivity index (χ3v) is 4.32. The zero-order valence-electron chi connectivity index (χ0n) is 16.8. The number of ether oxygens (including phenoxy) is 2. The number of carbonyl (C=O) groups is 1. The summed E-state index contributed by atoms with van der Waals surface area (Å²) in [7, 11) is 1.56. The topological polar surface area (TPSA) is 72.5 Å². The molecule has 1 heterocycles. The fraction of sp³-hybridized carbons (Fsp3) is 0.217. The van der Waals surface area contributed by atoms with Gasteiger partial charge in [-0.2, -0.15) is 0 Å². The standard InChI is InChI=1S/C23H25N3O3/c1-16(2)17-8-10-18(11-9-17)25-19-12-13-22(24-14-19)26-23(27)15-29-21-7-5-4-6-20(21)28-3/h4-14,16,25H,15H2,1-3H3,(H,24,26,27). The van der Waals surface area contributed by atoms with E-state index >= 15 is 0 Å². The summed E-state index contributed by atoms with van der Waals surface area (Å²) in [5, 5.41) is 6.01. The summed E-state index contributed by atoms with van der Waals surface area (Å²) in [5.74, 6) is 1.75. The molecule has 150 valence electrons. The van der Waals surface area contributed by atoms with E-state index in [0.717, 1.165) is 11.4 Å². The Morgan fingerprint density at radius 3 is 2.28 bits per heavy atom. The van der Waals surface area contributed by atoms with Crippen molar-refractivity contribution in [1.82, 2.24) is 4.98 Å². The zero-order chi connectivity index (χ0) is 20.6. The average Bonchev–Trinajstić information content (AvgIpc) is 2.74. The SMILES string of the molecule is COc1ccccc1OCC(=O)Nc1ccc(Nc2ccc(C(C)C)cc2)cn1. The van der Waals surface area contributed by atoms with E-state index in [9.17, 15) is 4.79 Å². The second kappa shape index (κ2) is 9.59. The molecule has 29 heavy (non-hydrogen) atoms. The molecule has 0 saturated heterocycles. The molecule has 6 nitrogen and oxygen atoms in total. The normalized spacial score (nSPS) is 10.5. The molecule has 2 aromatic carbocycles. The first-order valence-corrected chi connectivity index (χ1v) is 9.44. The van der Waals surface area contributed by atoms with Crippen molar-refractivity contribution in [2.75, 3.05) is 24.4 Å². The summed E-state index contributed by atoms with van der Waals surface area (Å²) in [5.41, 5.74) is 3.12. The van der Waals surface area contributed by atoms with Crippen LogP contribution in [0.2, 0.25) is 0 Å². The first kappa shape index (κ1) is 20.2. The van der Waals surface area contributed by atoms with Crippen molar-refractivity contribution in [3.63, 3.8) is 0 Å². The van der Waals surface area contributed by atoms with Crippen molar-refractivity contribution < 1.29 is 14.3 Å². The monoisotopic (exact) mass is 391 g/mol. The molecule has 0 unspecified atom stereocenters. The van der Waals surface area contributed by atoms with E-state index in [1.165, 1.54) is 5.56 Å². The molecule has 1 amide bonds. The summed E-state index contributed by atoms with van der Waals surface area (Å²) in [6.45, 7) is 4.20. The lowest BCUT2D eigenvalue weighted by atomic mass is 10.0. The molecule has 0 spiro atoms. The second-order valence-electron chi connectivity index (χ2n) is 6.82. The minimum atomic E-state index is -0.298. The van der Waals surface area contributed by atoms with E-state index in [0.29, 0.717) is 23.2 Å². The molecule has 2 N–H and O–H groups in total. The molecule has 0 radical (unpaired) electrons.